The van der Waals surface area contributed by atoms with Crippen LogP contribution in [0.4, 0.5) is 0 Å². The van der Waals surface area contributed by atoms with Crippen LogP contribution in [-0.2, 0) is 0 Å². The van der Waals surface area contributed by atoms with Crippen molar-refractivity contribution in [2.24, 2.45) is 0 Å². The molecule has 0 bridgehead atoms. The van der Waals surface area contributed by atoms with Crippen molar-refractivity contribution in [2.75, 3.05) is 0 Å². The maximum absolute atomic E-state index is 6.59. The highest BCUT2D eigenvalue weighted by Crippen LogP contribution is 2.45. The van der Waals surface area contributed by atoms with E-state index in [0.717, 1.165) is 27.5 Å². The van der Waals surface area contributed by atoms with Gasteiger partial charge in [-0.15, -0.1) is 11.3 Å². The summed E-state index contributed by atoms with van der Waals surface area (Å²) >= 11 is 1.85. The fraction of sp³-hybridized carbons (Fsp3) is 0. The standard InChI is InChI=1S/C42H26OS/c1-2-9-27(10-3-1)28-17-19-29(20-18-28)30-21-23-31(24-22-30)32-25-36-33-11-4-6-14-38(33)43-42(36)37(26-32)34-13-8-16-40-41(34)35-12-5-7-15-39(35)44-40/h1-26H. The molecule has 0 fully saturated rings. The average Bonchev–Trinajstić information content (AvgIpc) is 3.67. The van der Waals surface area contributed by atoms with Crippen molar-refractivity contribution in [1.29, 1.82) is 0 Å². The monoisotopic (exact) mass is 578 g/mol. The van der Waals surface area contributed by atoms with E-state index in [1.165, 1.54) is 59.1 Å². The second-order valence-electron chi connectivity index (χ2n) is 11.3. The first-order valence-corrected chi connectivity index (χ1v) is 15.7. The Morgan fingerprint density at radius 1 is 0.364 bits per heavy atom. The van der Waals surface area contributed by atoms with Crippen molar-refractivity contribution in [2.45, 2.75) is 0 Å². The molecule has 2 heteroatoms. The quantitative estimate of drug-likeness (QED) is 0.202. The zero-order valence-corrected chi connectivity index (χ0v) is 24.6. The fourth-order valence-corrected chi connectivity index (χ4v) is 7.67. The van der Waals surface area contributed by atoms with Gasteiger partial charge in [-0.1, -0.05) is 127 Å². The molecule has 7 aromatic carbocycles. The summed E-state index contributed by atoms with van der Waals surface area (Å²) in [5.41, 5.74) is 11.4. The maximum Gasteiger partial charge on any atom is 0.143 e. The lowest BCUT2D eigenvalue weighted by molar-refractivity contribution is 0.670. The van der Waals surface area contributed by atoms with Crippen LogP contribution in [0.1, 0.15) is 0 Å². The summed E-state index contributed by atoms with van der Waals surface area (Å²) in [7, 11) is 0. The van der Waals surface area contributed by atoms with Gasteiger partial charge in [0, 0.05) is 36.5 Å². The van der Waals surface area contributed by atoms with Crippen LogP contribution in [0.15, 0.2) is 162 Å². The molecule has 0 N–H and O–H groups in total. The molecule has 206 valence electrons. The molecule has 2 aromatic heterocycles. The van der Waals surface area contributed by atoms with E-state index in [9.17, 15) is 0 Å². The Kier molecular flexibility index (Phi) is 5.75. The molecule has 9 aromatic rings. The third-order valence-corrected chi connectivity index (χ3v) is 9.85. The van der Waals surface area contributed by atoms with E-state index >= 15 is 0 Å². The Balaban J connectivity index is 1.19. The van der Waals surface area contributed by atoms with Crippen molar-refractivity contribution in [1.82, 2.24) is 0 Å². The van der Waals surface area contributed by atoms with Crippen LogP contribution < -0.4 is 0 Å². The normalized spacial score (nSPS) is 11.6. The Bertz CT molecular complexity index is 2460. The molecule has 0 radical (unpaired) electrons. The van der Waals surface area contributed by atoms with Crippen LogP contribution in [0.25, 0.3) is 86.6 Å². The number of furan rings is 1. The summed E-state index contributed by atoms with van der Waals surface area (Å²) in [6.07, 6.45) is 0. The summed E-state index contributed by atoms with van der Waals surface area (Å²) in [6.45, 7) is 0. The molecule has 0 aliphatic carbocycles. The van der Waals surface area contributed by atoms with Crippen LogP contribution in [-0.4, -0.2) is 0 Å². The van der Waals surface area contributed by atoms with Gasteiger partial charge < -0.3 is 4.42 Å². The highest BCUT2D eigenvalue weighted by molar-refractivity contribution is 7.25. The number of thiophene rings is 1. The van der Waals surface area contributed by atoms with E-state index in [1.54, 1.807) is 0 Å². The van der Waals surface area contributed by atoms with E-state index in [1.807, 2.05) is 17.4 Å². The van der Waals surface area contributed by atoms with E-state index in [0.29, 0.717) is 0 Å². The molecular weight excluding hydrogens is 553 g/mol. The highest BCUT2D eigenvalue weighted by atomic mass is 32.1. The summed E-state index contributed by atoms with van der Waals surface area (Å²) in [5.74, 6) is 0. The van der Waals surface area contributed by atoms with Gasteiger partial charge in [-0.25, -0.2) is 0 Å². The molecule has 0 atom stereocenters. The van der Waals surface area contributed by atoms with Gasteiger partial charge in [0.25, 0.3) is 0 Å². The second kappa shape index (κ2) is 10.1. The molecule has 0 saturated heterocycles. The molecule has 1 nitrogen and oxygen atoms in total. The highest BCUT2D eigenvalue weighted by Gasteiger charge is 2.18. The summed E-state index contributed by atoms with van der Waals surface area (Å²) in [6, 6.07) is 56.7. The van der Waals surface area contributed by atoms with Crippen LogP contribution in [0.3, 0.4) is 0 Å². The lowest BCUT2D eigenvalue weighted by Gasteiger charge is -2.11. The van der Waals surface area contributed by atoms with Crippen LogP contribution in [0.2, 0.25) is 0 Å². The average molecular weight is 579 g/mol. The number of fused-ring (bicyclic) bond motifs is 6. The van der Waals surface area contributed by atoms with Gasteiger partial charge in [0.1, 0.15) is 11.2 Å². The first kappa shape index (κ1) is 25.1. The molecule has 0 aliphatic rings. The van der Waals surface area contributed by atoms with E-state index < -0.39 is 0 Å². The molecule has 2 heterocycles. The lowest BCUT2D eigenvalue weighted by atomic mass is 9.92. The number of hydrogen-bond donors (Lipinski definition) is 0. The van der Waals surface area contributed by atoms with Gasteiger partial charge in [0.2, 0.25) is 0 Å². The predicted octanol–water partition coefficient (Wildman–Crippen LogP) is 12.6. The van der Waals surface area contributed by atoms with Crippen LogP contribution >= 0.6 is 11.3 Å². The van der Waals surface area contributed by atoms with E-state index in [4.69, 9.17) is 4.42 Å². The van der Waals surface area contributed by atoms with Crippen LogP contribution in [0.5, 0.6) is 0 Å². The number of hydrogen-bond acceptors (Lipinski definition) is 2. The van der Waals surface area contributed by atoms with Gasteiger partial charge in [-0.2, -0.15) is 0 Å². The van der Waals surface area contributed by atoms with E-state index in [-0.39, 0.29) is 0 Å². The minimum absolute atomic E-state index is 0.914. The molecule has 0 unspecified atom stereocenters. The minimum Gasteiger partial charge on any atom is -0.455 e. The topological polar surface area (TPSA) is 13.1 Å². The van der Waals surface area contributed by atoms with E-state index in [2.05, 4.69) is 152 Å². The molecule has 9 rings (SSSR count). The summed E-state index contributed by atoms with van der Waals surface area (Å²) in [5, 5.41) is 4.87. The summed E-state index contributed by atoms with van der Waals surface area (Å²) in [4.78, 5) is 0. The molecule has 0 aliphatic heterocycles. The Labute approximate surface area is 259 Å². The zero-order valence-electron chi connectivity index (χ0n) is 23.8. The van der Waals surface area contributed by atoms with Gasteiger partial charge in [0.05, 0.1) is 0 Å². The third-order valence-electron chi connectivity index (χ3n) is 8.71. The molecule has 0 saturated carbocycles. The first-order chi connectivity index (χ1) is 21.8. The predicted molar refractivity (Wildman–Crippen MR) is 188 cm³/mol. The van der Waals surface area contributed by atoms with Crippen molar-refractivity contribution in [3.63, 3.8) is 0 Å². The molecule has 0 spiro atoms. The van der Waals surface area contributed by atoms with Gasteiger partial charge in [-0.05, 0) is 69.3 Å². The van der Waals surface area contributed by atoms with Crippen molar-refractivity contribution in [3.8, 4) is 44.5 Å². The number of para-hydroxylation sites is 1. The molecular formula is C42H26OS. The Morgan fingerprint density at radius 2 is 0.932 bits per heavy atom. The minimum atomic E-state index is 0.914. The van der Waals surface area contributed by atoms with Gasteiger partial charge >= 0.3 is 0 Å². The lowest BCUT2D eigenvalue weighted by Crippen LogP contribution is -1.86. The maximum atomic E-state index is 6.59. The zero-order chi connectivity index (χ0) is 29.0. The smallest absolute Gasteiger partial charge is 0.143 e. The number of benzene rings is 7. The summed E-state index contributed by atoms with van der Waals surface area (Å²) < 4.78 is 9.19. The third kappa shape index (κ3) is 4.07. The fourth-order valence-electron chi connectivity index (χ4n) is 6.53. The van der Waals surface area contributed by atoms with Crippen molar-refractivity contribution in [3.05, 3.63) is 158 Å². The molecule has 0 amide bonds. The van der Waals surface area contributed by atoms with Gasteiger partial charge in [0.15, 0.2) is 0 Å². The Hall–Kier alpha value is -5.44. The number of rotatable bonds is 4. The van der Waals surface area contributed by atoms with Crippen molar-refractivity contribution < 1.29 is 4.42 Å². The SMILES string of the molecule is c1ccc(-c2ccc(-c3ccc(-c4cc(-c5cccc6sc7ccccc7c56)c5oc6ccccc6c5c4)cc3)cc2)cc1. The van der Waals surface area contributed by atoms with Crippen LogP contribution in [0, 0.1) is 0 Å². The van der Waals surface area contributed by atoms with Gasteiger partial charge in [-0.3, -0.25) is 0 Å². The van der Waals surface area contributed by atoms with Crippen molar-refractivity contribution >= 4 is 53.4 Å². The first-order valence-electron chi connectivity index (χ1n) is 14.9. The Morgan fingerprint density at radius 3 is 1.66 bits per heavy atom. The largest absolute Gasteiger partial charge is 0.455 e. The molecule has 44 heavy (non-hydrogen) atoms. The second-order valence-corrected chi connectivity index (χ2v) is 12.4.